The molecule has 3 N–H and O–H groups in total. The summed E-state index contributed by atoms with van der Waals surface area (Å²) in [5, 5.41) is 22.4. The number of nitrogens with one attached hydrogen (secondary N) is 1. The Morgan fingerprint density at radius 2 is 1.85 bits per heavy atom. The molecule has 0 saturated heterocycles. The number of hydrogen-bond donors (Lipinski definition) is 3. The van der Waals surface area contributed by atoms with Gasteiger partial charge in [-0.15, -0.1) is 0 Å². The van der Waals surface area contributed by atoms with Crippen LogP contribution in [0.25, 0.3) is 0 Å². The van der Waals surface area contributed by atoms with Crippen LogP contribution in [0.15, 0.2) is 47.6 Å². The molecule has 0 aliphatic rings. The number of rotatable bonds is 3. The Bertz CT molecular complexity index is 646. The van der Waals surface area contributed by atoms with Crippen molar-refractivity contribution in [2.24, 2.45) is 5.10 Å². The summed E-state index contributed by atoms with van der Waals surface area (Å²) in [7, 11) is 0. The van der Waals surface area contributed by atoms with Crippen molar-refractivity contribution in [1.82, 2.24) is 5.43 Å². The van der Waals surface area contributed by atoms with Gasteiger partial charge in [0, 0.05) is 11.6 Å². The van der Waals surface area contributed by atoms with Gasteiger partial charge in [0.05, 0.1) is 6.21 Å². The third-order valence-corrected chi connectivity index (χ3v) is 2.59. The number of phenolic OH excluding ortho intramolecular Hbond substituents is 2. The van der Waals surface area contributed by atoms with Crippen LogP contribution < -0.4 is 5.43 Å². The molecule has 0 aliphatic heterocycles. The molecule has 5 nitrogen and oxygen atoms in total. The highest BCUT2D eigenvalue weighted by molar-refractivity contribution is 5.95. The molecule has 2 rings (SSSR count). The molecule has 0 unspecified atom stereocenters. The zero-order valence-electron chi connectivity index (χ0n) is 10.9. The van der Waals surface area contributed by atoms with Crippen LogP contribution in [0.5, 0.6) is 11.5 Å². The number of phenols is 2. The van der Waals surface area contributed by atoms with Crippen molar-refractivity contribution in [2.45, 2.75) is 6.92 Å². The minimum absolute atomic E-state index is 0.129. The summed E-state index contributed by atoms with van der Waals surface area (Å²) < 4.78 is 0. The molecule has 2 aromatic carbocycles. The lowest BCUT2D eigenvalue weighted by molar-refractivity contribution is 0.0954. The number of hydrogen-bond acceptors (Lipinski definition) is 4. The number of hydrazone groups is 1. The van der Waals surface area contributed by atoms with E-state index in [4.69, 9.17) is 0 Å². The third-order valence-electron chi connectivity index (χ3n) is 2.59. The van der Waals surface area contributed by atoms with Crippen LogP contribution in [0, 0.1) is 6.92 Å². The Labute approximate surface area is 116 Å². The fourth-order valence-electron chi connectivity index (χ4n) is 1.71. The van der Waals surface area contributed by atoms with Gasteiger partial charge in [0.25, 0.3) is 5.91 Å². The number of nitrogens with zero attached hydrogens (tertiary/aromatic N) is 1. The molecule has 0 spiro atoms. The van der Waals surface area contributed by atoms with E-state index < -0.39 is 5.91 Å². The molecule has 1 amide bonds. The number of carbonyl (C=O) groups excluding carboxylic acids is 1. The Balaban J connectivity index is 2.05. The molecule has 0 atom stereocenters. The Morgan fingerprint density at radius 1 is 1.15 bits per heavy atom. The zero-order chi connectivity index (χ0) is 14.5. The first kappa shape index (κ1) is 13.6. The SMILES string of the molecule is Cc1cccc(/C=N/NC(=O)c2cc(O)cc(O)c2)c1. The standard InChI is InChI=1S/C15H14N2O3/c1-10-3-2-4-11(5-10)9-16-17-15(20)12-6-13(18)8-14(19)7-12/h2-9,18-19H,1H3,(H,17,20)/b16-9+. The van der Waals surface area contributed by atoms with Gasteiger partial charge in [-0.1, -0.05) is 29.8 Å². The van der Waals surface area contributed by atoms with Crippen LogP contribution >= 0.6 is 0 Å². The lowest BCUT2D eigenvalue weighted by atomic mass is 10.2. The maximum Gasteiger partial charge on any atom is 0.271 e. The molecule has 0 saturated carbocycles. The van der Waals surface area contributed by atoms with Gasteiger partial charge in [-0.3, -0.25) is 4.79 Å². The summed E-state index contributed by atoms with van der Waals surface area (Å²) in [6.07, 6.45) is 1.52. The molecule has 0 fully saturated rings. The van der Waals surface area contributed by atoms with E-state index in [-0.39, 0.29) is 17.1 Å². The van der Waals surface area contributed by atoms with Crippen molar-refractivity contribution >= 4 is 12.1 Å². The van der Waals surface area contributed by atoms with Gasteiger partial charge in [-0.05, 0) is 24.6 Å². The molecule has 5 heteroatoms. The lowest BCUT2D eigenvalue weighted by Gasteiger charge is -2.02. The van der Waals surface area contributed by atoms with Gasteiger partial charge >= 0.3 is 0 Å². The van der Waals surface area contributed by atoms with E-state index in [1.165, 1.54) is 18.3 Å². The number of amides is 1. The van der Waals surface area contributed by atoms with Crippen molar-refractivity contribution in [3.05, 3.63) is 59.2 Å². The van der Waals surface area contributed by atoms with E-state index >= 15 is 0 Å². The quantitative estimate of drug-likeness (QED) is 0.590. The van der Waals surface area contributed by atoms with Crippen LogP contribution in [-0.2, 0) is 0 Å². The van der Waals surface area contributed by atoms with Crippen molar-refractivity contribution < 1.29 is 15.0 Å². The smallest absolute Gasteiger partial charge is 0.271 e. The maximum absolute atomic E-state index is 11.8. The first-order valence-corrected chi connectivity index (χ1v) is 5.98. The minimum Gasteiger partial charge on any atom is -0.508 e. The van der Waals surface area contributed by atoms with E-state index in [1.54, 1.807) is 0 Å². The topological polar surface area (TPSA) is 81.9 Å². The van der Waals surface area contributed by atoms with Crippen molar-refractivity contribution in [3.8, 4) is 11.5 Å². The molecular formula is C15H14N2O3. The van der Waals surface area contributed by atoms with Crippen molar-refractivity contribution in [1.29, 1.82) is 0 Å². The summed E-state index contributed by atoms with van der Waals surface area (Å²) in [6.45, 7) is 1.96. The lowest BCUT2D eigenvalue weighted by Crippen LogP contribution is -2.17. The second kappa shape index (κ2) is 5.88. The summed E-state index contributed by atoms with van der Waals surface area (Å²) in [5.41, 5.74) is 4.42. The monoisotopic (exact) mass is 270 g/mol. The first-order valence-electron chi connectivity index (χ1n) is 5.98. The van der Waals surface area contributed by atoms with Crippen LogP contribution in [0.1, 0.15) is 21.5 Å². The average Bonchev–Trinajstić information content (AvgIpc) is 2.37. The fraction of sp³-hybridized carbons (Fsp3) is 0.0667. The summed E-state index contributed by atoms with van der Waals surface area (Å²) in [5.74, 6) is -0.879. The normalized spacial score (nSPS) is 10.7. The number of aryl methyl sites for hydroxylation is 1. The summed E-state index contributed by atoms with van der Waals surface area (Å²) >= 11 is 0. The summed E-state index contributed by atoms with van der Waals surface area (Å²) in [4.78, 5) is 11.8. The van der Waals surface area contributed by atoms with Gasteiger partial charge < -0.3 is 10.2 Å². The molecule has 0 heterocycles. The van der Waals surface area contributed by atoms with E-state index in [0.29, 0.717) is 0 Å². The van der Waals surface area contributed by atoms with E-state index in [1.807, 2.05) is 31.2 Å². The number of carbonyl (C=O) groups is 1. The number of benzene rings is 2. The summed E-state index contributed by atoms with van der Waals surface area (Å²) in [6, 6.07) is 11.3. The largest absolute Gasteiger partial charge is 0.508 e. The number of aromatic hydroxyl groups is 2. The van der Waals surface area contributed by atoms with Crippen LogP contribution in [-0.4, -0.2) is 22.3 Å². The second-order valence-corrected chi connectivity index (χ2v) is 4.35. The second-order valence-electron chi connectivity index (χ2n) is 4.35. The Kier molecular flexibility index (Phi) is 4.00. The predicted molar refractivity (Wildman–Crippen MR) is 76.0 cm³/mol. The fourth-order valence-corrected chi connectivity index (χ4v) is 1.71. The predicted octanol–water partition coefficient (Wildman–Crippen LogP) is 2.17. The Hall–Kier alpha value is -2.82. The van der Waals surface area contributed by atoms with Gasteiger partial charge in [-0.2, -0.15) is 5.10 Å². The van der Waals surface area contributed by atoms with Gasteiger partial charge in [-0.25, -0.2) is 5.43 Å². The highest BCUT2D eigenvalue weighted by atomic mass is 16.3. The average molecular weight is 270 g/mol. The molecule has 102 valence electrons. The third kappa shape index (κ3) is 3.58. The van der Waals surface area contributed by atoms with E-state index in [0.717, 1.165) is 17.2 Å². The molecule has 2 aromatic rings. The molecule has 0 aliphatic carbocycles. The van der Waals surface area contributed by atoms with Gasteiger partial charge in [0.15, 0.2) is 0 Å². The molecule has 0 radical (unpaired) electrons. The molecular weight excluding hydrogens is 256 g/mol. The maximum atomic E-state index is 11.8. The van der Waals surface area contributed by atoms with Gasteiger partial charge in [0.1, 0.15) is 11.5 Å². The molecule has 20 heavy (non-hydrogen) atoms. The van der Waals surface area contributed by atoms with Crippen LogP contribution in [0.2, 0.25) is 0 Å². The van der Waals surface area contributed by atoms with E-state index in [2.05, 4.69) is 10.5 Å². The zero-order valence-corrected chi connectivity index (χ0v) is 10.9. The van der Waals surface area contributed by atoms with Crippen molar-refractivity contribution in [3.63, 3.8) is 0 Å². The highest BCUT2D eigenvalue weighted by Gasteiger charge is 2.07. The first-order chi connectivity index (χ1) is 9.54. The van der Waals surface area contributed by atoms with E-state index in [9.17, 15) is 15.0 Å². The molecule has 0 aromatic heterocycles. The van der Waals surface area contributed by atoms with Crippen LogP contribution in [0.4, 0.5) is 0 Å². The Morgan fingerprint density at radius 3 is 2.50 bits per heavy atom. The highest BCUT2D eigenvalue weighted by Crippen LogP contribution is 2.20. The minimum atomic E-state index is -0.514. The van der Waals surface area contributed by atoms with Crippen molar-refractivity contribution in [2.75, 3.05) is 0 Å². The van der Waals surface area contributed by atoms with Crippen LogP contribution in [0.3, 0.4) is 0 Å². The van der Waals surface area contributed by atoms with Gasteiger partial charge in [0.2, 0.25) is 0 Å². The molecule has 0 bridgehead atoms.